The Labute approximate surface area is 231 Å². The Kier molecular flexibility index (Phi) is 6.47. The number of anilines is 2. The monoisotopic (exact) mass is 542 g/mol. The van der Waals surface area contributed by atoms with E-state index in [0.717, 1.165) is 18.4 Å². The molecule has 0 spiro atoms. The van der Waals surface area contributed by atoms with Crippen LogP contribution in [0.25, 0.3) is 0 Å². The van der Waals surface area contributed by atoms with E-state index in [2.05, 4.69) is 17.4 Å². The highest BCUT2D eigenvalue weighted by molar-refractivity contribution is 6.31. The number of nitrogens with zero attached hydrogens (tertiary/aromatic N) is 1. The highest BCUT2D eigenvalue weighted by Crippen LogP contribution is 2.61. The summed E-state index contributed by atoms with van der Waals surface area (Å²) in [5.74, 6) is -1.67. The molecule has 0 radical (unpaired) electrons. The Morgan fingerprint density at radius 2 is 1.72 bits per heavy atom. The maximum absolute atomic E-state index is 13.6. The molecule has 0 unspecified atom stereocenters. The molecule has 1 saturated heterocycles. The molecule has 0 aromatic heterocycles. The fourth-order valence-electron chi connectivity index (χ4n) is 6.65. The Balaban J connectivity index is 1.13. The second kappa shape index (κ2) is 9.97. The Morgan fingerprint density at radius 3 is 2.49 bits per heavy atom. The van der Waals surface area contributed by atoms with E-state index in [0.29, 0.717) is 16.4 Å². The molecule has 3 amide bonds. The molecule has 2 saturated carbocycles. The zero-order valence-corrected chi connectivity index (χ0v) is 22.1. The van der Waals surface area contributed by atoms with Crippen molar-refractivity contribution in [2.75, 3.05) is 16.8 Å². The van der Waals surface area contributed by atoms with Gasteiger partial charge in [-0.25, -0.2) is 4.79 Å². The van der Waals surface area contributed by atoms with Gasteiger partial charge >= 0.3 is 5.97 Å². The van der Waals surface area contributed by atoms with Gasteiger partial charge in [0.05, 0.1) is 23.1 Å². The number of nitrogens with one attached hydrogen (secondary N) is 1. The maximum Gasteiger partial charge on any atom is 0.338 e. The van der Waals surface area contributed by atoms with Crippen molar-refractivity contribution in [3.05, 3.63) is 94.5 Å². The summed E-state index contributed by atoms with van der Waals surface area (Å²) in [6.07, 6.45) is 1.80. The fourth-order valence-corrected chi connectivity index (χ4v) is 6.83. The van der Waals surface area contributed by atoms with Crippen LogP contribution in [0.15, 0.2) is 72.8 Å². The van der Waals surface area contributed by atoms with Crippen molar-refractivity contribution in [1.82, 2.24) is 0 Å². The number of benzene rings is 3. The predicted octanol–water partition coefficient (Wildman–Crippen LogP) is 5.37. The van der Waals surface area contributed by atoms with E-state index in [1.807, 2.05) is 25.1 Å². The van der Waals surface area contributed by atoms with Crippen molar-refractivity contribution in [1.29, 1.82) is 0 Å². The van der Waals surface area contributed by atoms with Crippen LogP contribution in [0, 0.1) is 30.6 Å². The zero-order valence-electron chi connectivity index (χ0n) is 21.3. The van der Waals surface area contributed by atoms with Crippen LogP contribution in [0.3, 0.4) is 0 Å². The molecule has 5 atom stereocenters. The number of hydrogen-bond donors (Lipinski definition) is 1. The summed E-state index contributed by atoms with van der Waals surface area (Å²) in [6, 6.07) is 21.6. The molecule has 2 aliphatic carbocycles. The minimum absolute atomic E-state index is 0.138. The summed E-state index contributed by atoms with van der Waals surface area (Å²) in [5, 5.41) is 3.15. The standard InChI is InChI=1S/C31H27ClN2O5/c1-17-10-11-21(15-25(17)32)33-26(35)16-39-31(38)19-8-5-9-22(12-19)34-29(36)27-20-13-23(18-6-3-2-4-7-18)24(14-20)28(27)30(34)37/h2-12,15,20,23-24,27-28H,13-14,16H2,1H3,(H,33,35)/t20-,23-,24+,27+,28-/m0/s1. The van der Waals surface area contributed by atoms with Gasteiger partial charge in [-0.2, -0.15) is 0 Å². The topological polar surface area (TPSA) is 92.8 Å². The van der Waals surface area contributed by atoms with Crippen LogP contribution in [0.4, 0.5) is 11.4 Å². The lowest BCUT2D eigenvalue weighted by Gasteiger charge is -2.28. The molecule has 6 rings (SSSR count). The van der Waals surface area contributed by atoms with Crippen molar-refractivity contribution in [2.45, 2.75) is 25.7 Å². The van der Waals surface area contributed by atoms with Gasteiger partial charge in [-0.1, -0.05) is 54.1 Å². The number of ether oxygens (including phenoxy) is 1. The first-order valence-electron chi connectivity index (χ1n) is 13.1. The molecule has 3 aromatic carbocycles. The number of rotatable bonds is 6. The highest BCUT2D eigenvalue weighted by atomic mass is 35.5. The fraction of sp³-hybridized carbons (Fsp3) is 0.290. The number of halogens is 1. The quantitative estimate of drug-likeness (QED) is 0.334. The van der Waals surface area contributed by atoms with Crippen molar-refractivity contribution < 1.29 is 23.9 Å². The molecule has 3 fully saturated rings. The van der Waals surface area contributed by atoms with Gasteiger partial charge in [0.25, 0.3) is 5.91 Å². The number of fused-ring (bicyclic) bond motifs is 5. The molecule has 198 valence electrons. The van der Waals surface area contributed by atoms with Crippen LogP contribution >= 0.6 is 11.6 Å². The normalized spacial score (nSPS) is 25.1. The van der Waals surface area contributed by atoms with Gasteiger partial charge in [-0.15, -0.1) is 0 Å². The van der Waals surface area contributed by atoms with E-state index < -0.39 is 18.5 Å². The van der Waals surface area contributed by atoms with Gasteiger partial charge in [0.2, 0.25) is 11.8 Å². The van der Waals surface area contributed by atoms with Crippen molar-refractivity contribution in [2.24, 2.45) is 23.7 Å². The van der Waals surface area contributed by atoms with Gasteiger partial charge in [0.1, 0.15) is 0 Å². The van der Waals surface area contributed by atoms with E-state index >= 15 is 0 Å². The number of imide groups is 1. The van der Waals surface area contributed by atoms with E-state index in [-0.39, 0.29) is 47.0 Å². The van der Waals surface area contributed by atoms with Crippen LogP contribution in [-0.4, -0.2) is 30.3 Å². The third-order valence-corrected chi connectivity index (χ3v) is 8.78. The first-order valence-corrected chi connectivity index (χ1v) is 13.5. The summed E-state index contributed by atoms with van der Waals surface area (Å²) in [5.41, 5.74) is 3.10. The SMILES string of the molecule is Cc1ccc(NC(=O)COC(=O)c2cccc(N3C(=O)[C@@H]4[C@@H]5C[C@@H]([C@@H]4C3=O)[C@H](c3ccccc3)C5)c2)cc1Cl. The molecular weight excluding hydrogens is 516 g/mol. The predicted molar refractivity (Wildman–Crippen MR) is 146 cm³/mol. The number of carbonyl (C=O) groups is 4. The average molecular weight is 543 g/mol. The zero-order chi connectivity index (χ0) is 27.3. The molecule has 1 aliphatic heterocycles. The van der Waals surface area contributed by atoms with Crippen LogP contribution in [-0.2, 0) is 19.1 Å². The molecule has 3 aromatic rings. The third kappa shape index (κ3) is 4.51. The van der Waals surface area contributed by atoms with Crippen molar-refractivity contribution >= 4 is 46.7 Å². The summed E-state index contributed by atoms with van der Waals surface area (Å²) in [4.78, 5) is 53.3. The van der Waals surface area contributed by atoms with Gasteiger partial charge < -0.3 is 10.1 Å². The van der Waals surface area contributed by atoms with Gasteiger partial charge in [0.15, 0.2) is 6.61 Å². The molecule has 39 heavy (non-hydrogen) atoms. The van der Waals surface area contributed by atoms with E-state index in [1.165, 1.54) is 22.6 Å². The first-order chi connectivity index (χ1) is 18.8. The van der Waals surface area contributed by atoms with Crippen LogP contribution in [0.2, 0.25) is 5.02 Å². The number of hydrogen-bond acceptors (Lipinski definition) is 5. The van der Waals surface area contributed by atoms with Crippen LogP contribution in [0.5, 0.6) is 0 Å². The van der Waals surface area contributed by atoms with Gasteiger partial charge in [0, 0.05) is 10.7 Å². The highest BCUT2D eigenvalue weighted by Gasteiger charge is 2.64. The van der Waals surface area contributed by atoms with Crippen LogP contribution in [0.1, 0.15) is 40.2 Å². The number of carbonyl (C=O) groups excluding carboxylic acids is 4. The number of aryl methyl sites for hydroxylation is 1. The van der Waals surface area contributed by atoms with E-state index in [4.69, 9.17) is 16.3 Å². The largest absolute Gasteiger partial charge is 0.452 e. The molecule has 2 bridgehead atoms. The summed E-state index contributed by atoms with van der Waals surface area (Å²) >= 11 is 6.09. The molecular formula is C31H27ClN2O5. The van der Waals surface area contributed by atoms with Crippen molar-refractivity contribution in [3.8, 4) is 0 Å². The summed E-state index contributed by atoms with van der Waals surface area (Å²) < 4.78 is 5.20. The Hall–Kier alpha value is -3.97. The second-order valence-electron chi connectivity index (χ2n) is 10.6. The minimum Gasteiger partial charge on any atom is -0.452 e. The van der Waals surface area contributed by atoms with E-state index in [1.54, 1.807) is 30.3 Å². The van der Waals surface area contributed by atoms with Gasteiger partial charge in [-0.05, 0) is 79.0 Å². The second-order valence-corrected chi connectivity index (χ2v) is 11.0. The van der Waals surface area contributed by atoms with Crippen molar-refractivity contribution in [3.63, 3.8) is 0 Å². The number of amides is 3. The molecule has 1 heterocycles. The van der Waals surface area contributed by atoms with E-state index in [9.17, 15) is 19.2 Å². The lowest BCUT2D eigenvalue weighted by Crippen LogP contribution is -2.33. The molecule has 1 N–H and O–H groups in total. The number of esters is 1. The molecule has 3 aliphatic rings. The Morgan fingerprint density at radius 1 is 0.949 bits per heavy atom. The lowest BCUT2D eigenvalue weighted by molar-refractivity contribution is -0.123. The summed E-state index contributed by atoms with van der Waals surface area (Å²) in [6.45, 7) is 1.36. The molecule has 8 heteroatoms. The summed E-state index contributed by atoms with van der Waals surface area (Å²) in [7, 11) is 0. The first kappa shape index (κ1) is 25.3. The van der Waals surface area contributed by atoms with Gasteiger partial charge in [-0.3, -0.25) is 19.3 Å². The maximum atomic E-state index is 13.6. The Bertz CT molecular complexity index is 1490. The smallest absolute Gasteiger partial charge is 0.338 e. The average Bonchev–Trinajstić information content (AvgIpc) is 3.61. The third-order valence-electron chi connectivity index (χ3n) is 8.37. The lowest BCUT2D eigenvalue weighted by atomic mass is 9.73. The minimum atomic E-state index is -0.725. The molecule has 7 nitrogen and oxygen atoms in total. The van der Waals surface area contributed by atoms with Crippen LogP contribution < -0.4 is 10.2 Å².